The molecule has 0 saturated heterocycles. The van der Waals surface area contributed by atoms with Crippen molar-refractivity contribution in [2.75, 3.05) is 11.9 Å². The summed E-state index contributed by atoms with van der Waals surface area (Å²) in [6, 6.07) is 2.74. The molecule has 0 fully saturated rings. The maximum Gasteiger partial charge on any atom is 0.433 e. The predicted molar refractivity (Wildman–Crippen MR) is 61.6 cm³/mol. The van der Waals surface area contributed by atoms with E-state index in [1.165, 1.54) is 23.5 Å². The summed E-state index contributed by atoms with van der Waals surface area (Å²) in [4.78, 5) is 9.83. The van der Waals surface area contributed by atoms with Crippen molar-refractivity contribution in [1.29, 1.82) is 0 Å². The van der Waals surface area contributed by atoms with Crippen molar-refractivity contribution in [3.63, 3.8) is 0 Å². The summed E-state index contributed by atoms with van der Waals surface area (Å²) in [5.74, 6) is 2.38. The van der Waals surface area contributed by atoms with E-state index in [2.05, 4.69) is 21.4 Å². The van der Waals surface area contributed by atoms with Gasteiger partial charge in [0.05, 0.1) is 12.6 Å². The first-order valence-electron chi connectivity index (χ1n) is 4.46. The van der Waals surface area contributed by atoms with E-state index in [0.717, 1.165) is 0 Å². The zero-order valence-electron chi connectivity index (χ0n) is 8.41. The van der Waals surface area contributed by atoms with Crippen molar-refractivity contribution in [2.45, 2.75) is 0 Å². The van der Waals surface area contributed by atoms with Gasteiger partial charge in [-0.05, 0) is 6.07 Å². The van der Waals surface area contributed by atoms with E-state index in [1.807, 2.05) is 0 Å². The third kappa shape index (κ3) is 2.40. The molecule has 0 bridgehead atoms. The molecule has 8 heteroatoms. The second-order valence-corrected chi connectivity index (χ2v) is 3.84. The number of terminal acetylenes is 1. The number of nitro groups is 1. The minimum atomic E-state index is -0.609. The van der Waals surface area contributed by atoms with Crippen LogP contribution in [0.3, 0.4) is 0 Å². The van der Waals surface area contributed by atoms with Crippen LogP contribution in [0.15, 0.2) is 16.5 Å². The lowest BCUT2D eigenvalue weighted by Gasteiger charge is -1.90. The van der Waals surface area contributed by atoms with Crippen LogP contribution >= 0.6 is 11.3 Å². The largest absolute Gasteiger partial charge is 0.433 e. The Morgan fingerprint density at radius 3 is 3.06 bits per heavy atom. The topological polar surface area (TPSA) is 94.1 Å². The molecule has 0 saturated carbocycles. The SMILES string of the molecule is C#CCNc1nnc(-c2ccc([N+](=O)[O-])o2)s1. The molecule has 0 atom stereocenters. The van der Waals surface area contributed by atoms with Crippen LogP contribution in [0.2, 0.25) is 0 Å². The van der Waals surface area contributed by atoms with Gasteiger partial charge in [-0.3, -0.25) is 10.1 Å². The molecular weight excluding hydrogens is 244 g/mol. The van der Waals surface area contributed by atoms with E-state index >= 15 is 0 Å². The number of nitrogens with zero attached hydrogens (tertiary/aromatic N) is 3. The monoisotopic (exact) mass is 250 g/mol. The summed E-state index contributed by atoms with van der Waals surface area (Å²) in [7, 11) is 0. The number of furan rings is 1. The lowest BCUT2D eigenvalue weighted by atomic mass is 10.5. The van der Waals surface area contributed by atoms with Crippen LogP contribution in [-0.2, 0) is 0 Å². The molecule has 7 nitrogen and oxygen atoms in total. The van der Waals surface area contributed by atoms with Gasteiger partial charge in [0.1, 0.15) is 4.92 Å². The van der Waals surface area contributed by atoms with Crippen molar-refractivity contribution in [1.82, 2.24) is 10.2 Å². The minimum Gasteiger partial charge on any atom is -0.398 e. The Kier molecular flexibility index (Phi) is 3.02. The van der Waals surface area contributed by atoms with Crippen molar-refractivity contribution < 1.29 is 9.34 Å². The fourth-order valence-electron chi connectivity index (χ4n) is 1.06. The second-order valence-electron chi connectivity index (χ2n) is 2.87. The number of anilines is 1. The zero-order chi connectivity index (χ0) is 12.3. The van der Waals surface area contributed by atoms with Crippen LogP contribution in [0.25, 0.3) is 10.8 Å². The van der Waals surface area contributed by atoms with Crippen LogP contribution < -0.4 is 5.32 Å². The van der Waals surface area contributed by atoms with Crippen LogP contribution in [0.4, 0.5) is 11.0 Å². The van der Waals surface area contributed by atoms with Gasteiger partial charge in [0.15, 0.2) is 10.8 Å². The molecule has 0 spiro atoms. The van der Waals surface area contributed by atoms with E-state index in [1.54, 1.807) is 0 Å². The second kappa shape index (κ2) is 4.63. The summed E-state index contributed by atoms with van der Waals surface area (Å²) in [5, 5.41) is 21.9. The van der Waals surface area contributed by atoms with Gasteiger partial charge >= 0.3 is 5.88 Å². The third-order valence-corrected chi connectivity index (χ3v) is 2.64. The Morgan fingerprint density at radius 2 is 2.41 bits per heavy atom. The number of aromatic nitrogens is 2. The molecule has 2 rings (SSSR count). The quantitative estimate of drug-likeness (QED) is 0.504. The van der Waals surface area contributed by atoms with Gasteiger partial charge in [0.2, 0.25) is 5.13 Å². The standard InChI is InChI=1S/C9H6N4O3S/c1-2-5-10-9-12-11-8(17-9)6-3-4-7(16-6)13(14)15/h1,3-4H,5H2,(H,10,12). The highest BCUT2D eigenvalue weighted by molar-refractivity contribution is 7.18. The van der Waals surface area contributed by atoms with Crippen LogP contribution in [0.1, 0.15) is 0 Å². The van der Waals surface area contributed by atoms with Crippen molar-refractivity contribution in [3.8, 4) is 23.1 Å². The highest BCUT2D eigenvalue weighted by atomic mass is 32.1. The van der Waals surface area contributed by atoms with E-state index < -0.39 is 4.92 Å². The summed E-state index contributed by atoms with van der Waals surface area (Å²) >= 11 is 1.21. The fraction of sp³-hybridized carbons (Fsp3) is 0.111. The lowest BCUT2D eigenvalue weighted by Crippen LogP contribution is -1.96. The number of nitrogens with one attached hydrogen (secondary N) is 1. The number of hydrogen-bond acceptors (Lipinski definition) is 7. The Morgan fingerprint density at radius 1 is 1.59 bits per heavy atom. The molecule has 0 aromatic carbocycles. The average Bonchev–Trinajstić information content (AvgIpc) is 2.94. The lowest BCUT2D eigenvalue weighted by molar-refractivity contribution is -0.401. The Balaban J connectivity index is 2.19. The summed E-state index contributed by atoms with van der Waals surface area (Å²) < 4.78 is 4.99. The first kappa shape index (κ1) is 11.1. The third-order valence-electron chi connectivity index (χ3n) is 1.75. The Bertz CT molecular complexity index is 583. The van der Waals surface area contributed by atoms with Crippen LogP contribution in [0, 0.1) is 22.5 Å². The average molecular weight is 250 g/mol. The fourth-order valence-corrected chi connectivity index (χ4v) is 1.76. The molecule has 1 N–H and O–H groups in total. The normalized spacial score (nSPS) is 9.82. The van der Waals surface area contributed by atoms with Crippen LogP contribution in [0.5, 0.6) is 0 Å². The zero-order valence-corrected chi connectivity index (χ0v) is 9.23. The smallest absolute Gasteiger partial charge is 0.398 e. The van der Waals surface area contributed by atoms with E-state index in [9.17, 15) is 10.1 Å². The summed E-state index contributed by atoms with van der Waals surface area (Å²) in [5.41, 5.74) is 0. The summed E-state index contributed by atoms with van der Waals surface area (Å²) in [6.45, 7) is 0.340. The molecular formula is C9H6N4O3S. The van der Waals surface area contributed by atoms with E-state index in [-0.39, 0.29) is 5.88 Å². The predicted octanol–water partition coefficient (Wildman–Crippen LogP) is 1.75. The van der Waals surface area contributed by atoms with E-state index in [4.69, 9.17) is 10.8 Å². The van der Waals surface area contributed by atoms with Gasteiger partial charge in [-0.2, -0.15) is 0 Å². The van der Waals surface area contributed by atoms with Gasteiger partial charge < -0.3 is 9.73 Å². The number of hydrogen-bond donors (Lipinski definition) is 1. The maximum absolute atomic E-state index is 10.4. The first-order chi connectivity index (χ1) is 8.20. The van der Waals surface area contributed by atoms with Crippen molar-refractivity contribution in [3.05, 3.63) is 22.2 Å². The van der Waals surface area contributed by atoms with Gasteiger partial charge in [0.25, 0.3) is 0 Å². The molecule has 2 aromatic rings. The highest BCUT2D eigenvalue weighted by Crippen LogP contribution is 2.29. The molecule has 0 amide bonds. The maximum atomic E-state index is 10.4. The molecule has 17 heavy (non-hydrogen) atoms. The van der Waals surface area contributed by atoms with Crippen molar-refractivity contribution >= 4 is 22.4 Å². The van der Waals surface area contributed by atoms with Gasteiger partial charge in [-0.1, -0.05) is 17.3 Å². The van der Waals surface area contributed by atoms with Gasteiger partial charge in [0, 0.05) is 0 Å². The molecule has 0 unspecified atom stereocenters. The molecule has 0 aliphatic heterocycles. The molecule has 0 radical (unpaired) electrons. The van der Waals surface area contributed by atoms with E-state index in [0.29, 0.717) is 22.4 Å². The number of rotatable bonds is 4. The molecule has 2 heterocycles. The molecule has 86 valence electrons. The minimum absolute atomic E-state index is 0.308. The van der Waals surface area contributed by atoms with Crippen molar-refractivity contribution in [2.24, 2.45) is 0 Å². The molecule has 0 aliphatic carbocycles. The Labute approximate surface area is 99.6 Å². The first-order valence-corrected chi connectivity index (χ1v) is 5.28. The highest BCUT2D eigenvalue weighted by Gasteiger charge is 2.16. The molecule has 0 aliphatic rings. The Hall–Kier alpha value is -2.40. The van der Waals surface area contributed by atoms with Gasteiger partial charge in [-0.15, -0.1) is 16.6 Å². The summed E-state index contributed by atoms with van der Waals surface area (Å²) in [6.07, 6.45) is 5.08. The van der Waals surface area contributed by atoms with Gasteiger partial charge in [-0.25, -0.2) is 0 Å². The van der Waals surface area contributed by atoms with Crippen LogP contribution in [-0.4, -0.2) is 21.7 Å². The molecule has 2 aromatic heterocycles.